The first-order chi connectivity index (χ1) is 8.43. The number of nitrogens with one attached hydrogen (secondary N) is 1. The Morgan fingerprint density at radius 3 is 2.67 bits per heavy atom. The van der Waals surface area contributed by atoms with Crippen molar-refractivity contribution in [3.8, 4) is 0 Å². The van der Waals surface area contributed by atoms with E-state index in [-0.39, 0.29) is 12.6 Å². The summed E-state index contributed by atoms with van der Waals surface area (Å²) in [5, 5.41) is 11.4. The molecule has 1 rings (SSSR count). The Hall–Kier alpha value is -1.27. The van der Waals surface area contributed by atoms with Crippen LogP contribution in [0.25, 0.3) is 0 Å². The highest BCUT2D eigenvalue weighted by Gasteiger charge is 2.18. The molecule has 0 aliphatic heterocycles. The van der Waals surface area contributed by atoms with E-state index in [0.717, 1.165) is 4.88 Å². The lowest BCUT2D eigenvalue weighted by Crippen LogP contribution is -2.43. The molecule has 5 nitrogen and oxygen atoms in total. The number of thiophene rings is 1. The molecule has 1 aromatic heterocycles. The Kier molecular flexibility index (Phi) is 5.43. The maximum Gasteiger partial charge on any atom is 0.323 e. The minimum absolute atomic E-state index is 0.196. The van der Waals surface area contributed by atoms with Crippen molar-refractivity contribution in [3.05, 3.63) is 21.3 Å². The second-order valence-corrected chi connectivity index (χ2v) is 5.47. The maximum absolute atomic E-state index is 11.8. The normalized spacial score (nSPS) is 11.9. The van der Waals surface area contributed by atoms with Crippen molar-refractivity contribution in [2.45, 2.75) is 19.9 Å². The molecule has 2 amide bonds. The fourth-order valence-electron chi connectivity index (χ4n) is 1.40. The van der Waals surface area contributed by atoms with Crippen molar-refractivity contribution in [3.63, 3.8) is 0 Å². The van der Waals surface area contributed by atoms with E-state index in [1.54, 1.807) is 13.0 Å². The van der Waals surface area contributed by atoms with Crippen LogP contribution in [-0.2, 0) is 4.79 Å². The van der Waals surface area contributed by atoms with E-state index in [0.29, 0.717) is 10.9 Å². The van der Waals surface area contributed by atoms with Crippen LogP contribution in [0.5, 0.6) is 0 Å². The first-order valence-corrected chi connectivity index (χ1v) is 6.66. The van der Waals surface area contributed by atoms with Crippen LogP contribution < -0.4 is 5.32 Å². The zero-order valence-corrected chi connectivity index (χ0v) is 11.7. The van der Waals surface area contributed by atoms with Gasteiger partial charge in [0.1, 0.15) is 6.54 Å². The number of hydrogen-bond acceptors (Lipinski definition) is 3. The van der Waals surface area contributed by atoms with Gasteiger partial charge in [-0.3, -0.25) is 4.79 Å². The number of aliphatic carboxylic acids is 1. The molecule has 0 aromatic carbocycles. The van der Waals surface area contributed by atoms with E-state index in [1.807, 2.05) is 13.0 Å². The number of urea groups is 1. The highest BCUT2D eigenvalue weighted by atomic mass is 35.5. The summed E-state index contributed by atoms with van der Waals surface area (Å²) in [6.45, 7) is 3.60. The van der Waals surface area contributed by atoms with Crippen molar-refractivity contribution < 1.29 is 14.7 Å². The predicted octanol–water partition coefficient (Wildman–Crippen LogP) is 2.58. The summed E-state index contributed by atoms with van der Waals surface area (Å²) in [6, 6.07) is 3.01. The zero-order chi connectivity index (χ0) is 13.7. The number of halogens is 1. The third kappa shape index (κ3) is 4.19. The summed E-state index contributed by atoms with van der Waals surface area (Å²) >= 11 is 7.20. The monoisotopic (exact) mass is 290 g/mol. The minimum Gasteiger partial charge on any atom is -0.480 e. The van der Waals surface area contributed by atoms with E-state index in [9.17, 15) is 9.59 Å². The third-order valence-electron chi connectivity index (χ3n) is 2.36. The van der Waals surface area contributed by atoms with Gasteiger partial charge in [-0.1, -0.05) is 11.6 Å². The van der Waals surface area contributed by atoms with Crippen molar-refractivity contribution >= 4 is 34.9 Å². The Bertz CT molecular complexity index is 436. The Labute approximate surface area is 114 Å². The van der Waals surface area contributed by atoms with Gasteiger partial charge >= 0.3 is 12.0 Å². The second-order valence-electron chi connectivity index (χ2n) is 3.72. The highest BCUT2D eigenvalue weighted by molar-refractivity contribution is 7.16. The van der Waals surface area contributed by atoms with Gasteiger partial charge in [0.05, 0.1) is 10.4 Å². The molecule has 1 aromatic rings. The molecule has 0 saturated carbocycles. The van der Waals surface area contributed by atoms with Gasteiger partial charge in [0.25, 0.3) is 0 Å². The molecule has 1 heterocycles. The predicted molar refractivity (Wildman–Crippen MR) is 71.2 cm³/mol. The maximum atomic E-state index is 11.8. The number of amides is 2. The van der Waals surface area contributed by atoms with Gasteiger partial charge in [-0.2, -0.15) is 0 Å². The number of rotatable bonds is 5. The molecule has 0 radical (unpaired) electrons. The van der Waals surface area contributed by atoms with Crippen LogP contribution in [0.15, 0.2) is 12.1 Å². The minimum atomic E-state index is -1.03. The summed E-state index contributed by atoms with van der Waals surface area (Å²) in [6.07, 6.45) is 0. The average Bonchev–Trinajstić information content (AvgIpc) is 2.72. The molecule has 0 saturated heterocycles. The Balaban J connectivity index is 2.60. The quantitative estimate of drug-likeness (QED) is 0.875. The first-order valence-electron chi connectivity index (χ1n) is 5.46. The lowest BCUT2D eigenvalue weighted by atomic mass is 10.3. The number of nitrogens with zero attached hydrogens (tertiary/aromatic N) is 1. The number of carboxylic acid groups (broad SMARTS) is 1. The molecule has 7 heteroatoms. The lowest BCUT2D eigenvalue weighted by Gasteiger charge is -2.21. The number of carbonyl (C=O) groups excluding carboxylic acids is 1. The van der Waals surface area contributed by atoms with Gasteiger partial charge < -0.3 is 15.3 Å². The topological polar surface area (TPSA) is 69.6 Å². The summed E-state index contributed by atoms with van der Waals surface area (Å²) < 4.78 is 0.656. The van der Waals surface area contributed by atoms with E-state index in [2.05, 4.69) is 5.32 Å². The van der Waals surface area contributed by atoms with Crippen LogP contribution in [0, 0.1) is 0 Å². The molecule has 0 bridgehead atoms. The molecule has 100 valence electrons. The highest BCUT2D eigenvalue weighted by Crippen LogP contribution is 2.26. The molecule has 0 aliphatic carbocycles. The van der Waals surface area contributed by atoms with E-state index in [1.165, 1.54) is 16.2 Å². The van der Waals surface area contributed by atoms with Gasteiger partial charge in [0.15, 0.2) is 0 Å². The molecule has 1 unspecified atom stereocenters. The van der Waals surface area contributed by atoms with Crippen LogP contribution in [0.2, 0.25) is 4.34 Å². The van der Waals surface area contributed by atoms with Crippen LogP contribution in [0.1, 0.15) is 24.8 Å². The van der Waals surface area contributed by atoms with Gasteiger partial charge in [-0.15, -0.1) is 11.3 Å². The Morgan fingerprint density at radius 2 is 2.22 bits per heavy atom. The average molecular weight is 291 g/mol. The van der Waals surface area contributed by atoms with Gasteiger partial charge in [-0.25, -0.2) is 4.79 Å². The van der Waals surface area contributed by atoms with Crippen LogP contribution in [0.4, 0.5) is 4.79 Å². The smallest absolute Gasteiger partial charge is 0.323 e. The molecule has 0 fully saturated rings. The Morgan fingerprint density at radius 1 is 1.56 bits per heavy atom. The van der Waals surface area contributed by atoms with Crippen LogP contribution in [0.3, 0.4) is 0 Å². The molecule has 18 heavy (non-hydrogen) atoms. The van der Waals surface area contributed by atoms with Crippen LogP contribution in [-0.4, -0.2) is 35.1 Å². The molecule has 2 N–H and O–H groups in total. The van der Waals surface area contributed by atoms with Gasteiger partial charge in [0, 0.05) is 11.4 Å². The van der Waals surface area contributed by atoms with Crippen molar-refractivity contribution in [2.75, 3.05) is 13.1 Å². The van der Waals surface area contributed by atoms with Crippen LogP contribution >= 0.6 is 22.9 Å². The fourth-order valence-corrected chi connectivity index (χ4v) is 2.46. The van der Waals surface area contributed by atoms with Crippen molar-refractivity contribution in [2.24, 2.45) is 0 Å². The van der Waals surface area contributed by atoms with E-state index >= 15 is 0 Å². The van der Waals surface area contributed by atoms with E-state index < -0.39 is 12.0 Å². The van der Waals surface area contributed by atoms with E-state index in [4.69, 9.17) is 16.7 Å². The molecule has 0 spiro atoms. The van der Waals surface area contributed by atoms with Crippen molar-refractivity contribution in [1.29, 1.82) is 0 Å². The summed E-state index contributed by atoms with van der Waals surface area (Å²) in [4.78, 5) is 24.6. The molecular weight excluding hydrogens is 276 g/mol. The standard InChI is InChI=1S/C11H15ClN2O3S/c1-3-14(6-10(15)16)11(17)13-7(2)8-4-5-9(12)18-8/h4-5,7H,3,6H2,1-2H3,(H,13,17)(H,15,16). The number of carbonyl (C=O) groups is 2. The third-order valence-corrected chi connectivity index (χ3v) is 3.77. The summed E-state index contributed by atoms with van der Waals surface area (Å²) in [5.74, 6) is -1.03. The molecular formula is C11H15ClN2O3S. The number of carboxylic acids is 1. The second kappa shape index (κ2) is 6.61. The zero-order valence-electron chi connectivity index (χ0n) is 10.1. The fraction of sp³-hybridized carbons (Fsp3) is 0.455. The van der Waals surface area contributed by atoms with Gasteiger partial charge in [-0.05, 0) is 26.0 Å². The molecule has 1 atom stereocenters. The van der Waals surface area contributed by atoms with Crippen molar-refractivity contribution in [1.82, 2.24) is 10.2 Å². The SMILES string of the molecule is CCN(CC(=O)O)C(=O)NC(C)c1ccc(Cl)s1. The lowest BCUT2D eigenvalue weighted by molar-refractivity contribution is -0.137. The largest absolute Gasteiger partial charge is 0.480 e. The molecule has 0 aliphatic rings. The summed E-state index contributed by atoms with van der Waals surface area (Å²) in [5.41, 5.74) is 0. The first kappa shape index (κ1) is 14.8. The number of likely N-dealkylation sites (N-methyl/N-ethyl adjacent to an activating group) is 1. The summed E-state index contributed by atoms with van der Waals surface area (Å²) in [7, 11) is 0. The van der Waals surface area contributed by atoms with Gasteiger partial charge in [0.2, 0.25) is 0 Å². The number of hydrogen-bond donors (Lipinski definition) is 2.